The third-order valence-corrected chi connectivity index (χ3v) is 6.99. The van der Waals surface area contributed by atoms with Gasteiger partial charge < -0.3 is 40.6 Å². The van der Waals surface area contributed by atoms with Crippen LogP contribution >= 0.6 is 0 Å². The lowest BCUT2D eigenvalue weighted by molar-refractivity contribution is -0.112. The lowest BCUT2D eigenvalue weighted by Crippen LogP contribution is -2.37. The van der Waals surface area contributed by atoms with Crippen molar-refractivity contribution >= 4 is 24.0 Å². The molecule has 6 N–H and O–H groups in total. The Morgan fingerprint density at radius 1 is 1.18 bits per heavy atom. The number of aliphatic hydroxyl groups is 1. The molecule has 0 aliphatic carbocycles. The molecule has 0 unspecified atom stereocenters. The molecule has 1 heterocycles. The van der Waals surface area contributed by atoms with E-state index in [0.29, 0.717) is 18.3 Å². The molecule has 6 atom stereocenters. The van der Waals surface area contributed by atoms with Gasteiger partial charge in [-0.15, -0.1) is 0 Å². The van der Waals surface area contributed by atoms with E-state index in [-0.39, 0.29) is 40.5 Å². The van der Waals surface area contributed by atoms with Gasteiger partial charge in [-0.25, -0.2) is 4.79 Å². The number of carbonyl (C=O) groups is 3. The van der Waals surface area contributed by atoms with E-state index in [1.165, 1.54) is 20.3 Å². The first-order valence-electron chi connectivity index (χ1n) is 12.9. The van der Waals surface area contributed by atoms with E-state index in [4.69, 9.17) is 19.9 Å². The fourth-order valence-corrected chi connectivity index (χ4v) is 4.76. The third kappa shape index (κ3) is 8.17. The van der Waals surface area contributed by atoms with Gasteiger partial charge in [0.1, 0.15) is 17.6 Å². The number of carbonyl (C=O) groups excluding carboxylic acids is 3. The Hall–Kier alpha value is -3.67. The number of hydrogen-bond donors (Lipinski definition) is 5. The monoisotopic (exact) mass is 560 g/mol. The van der Waals surface area contributed by atoms with E-state index in [1.807, 2.05) is 6.92 Å². The Morgan fingerprint density at radius 2 is 1.85 bits per heavy atom. The maximum absolute atomic E-state index is 12.9. The van der Waals surface area contributed by atoms with Gasteiger partial charge in [-0.05, 0) is 38.2 Å². The van der Waals surface area contributed by atoms with Crippen LogP contribution < -0.4 is 11.1 Å². The molecule has 220 valence electrons. The zero-order valence-corrected chi connectivity index (χ0v) is 23.7. The van der Waals surface area contributed by atoms with Crippen molar-refractivity contribution in [1.29, 1.82) is 0 Å². The van der Waals surface area contributed by atoms with Crippen molar-refractivity contribution in [2.24, 2.45) is 17.6 Å². The average Bonchev–Trinajstić information content (AvgIpc) is 2.90. The van der Waals surface area contributed by atoms with Crippen LogP contribution in [0.4, 0.5) is 10.5 Å². The molecule has 2 amide bonds. The molecule has 0 saturated carbocycles. The summed E-state index contributed by atoms with van der Waals surface area (Å²) < 4.78 is 16.5. The maximum atomic E-state index is 12.9. The highest BCUT2D eigenvalue weighted by atomic mass is 16.6. The van der Waals surface area contributed by atoms with Crippen LogP contribution in [0.1, 0.15) is 50.0 Å². The van der Waals surface area contributed by atoms with Crippen molar-refractivity contribution < 1.29 is 43.9 Å². The number of phenolic OH excluding ortho intramolecular Hbond substituents is 2. The number of aliphatic hydroxyl groups excluding tert-OH is 1. The largest absolute Gasteiger partial charge is 0.507 e. The molecule has 0 saturated heterocycles. The number of ether oxygens (including phenoxy) is 3. The van der Waals surface area contributed by atoms with Crippen LogP contribution in [0.15, 0.2) is 41.5 Å². The van der Waals surface area contributed by atoms with Gasteiger partial charge in [0.2, 0.25) is 0 Å². The number of hydrogen-bond acceptors (Lipinski definition) is 9. The van der Waals surface area contributed by atoms with Crippen molar-refractivity contribution in [1.82, 2.24) is 0 Å². The Kier molecular flexibility index (Phi) is 11.9. The zero-order chi connectivity index (χ0) is 30.1. The van der Waals surface area contributed by atoms with Crippen molar-refractivity contribution in [3.05, 3.63) is 52.6 Å². The van der Waals surface area contributed by atoms with Crippen molar-refractivity contribution in [3.63, 3.8) is 0 Å². The molecule has 2 bridgehead atoms. The number of nitrogens with two attached hydrogens (primary N) is 1. The topological polar surface area (TPSA) is 178 Å². The number of anilines is 1. The average molecular weight is 561 g/mol. The van der Waals surface area contributed by atoms with E-state index in [0.717, 1.165) is 6.07 Å². The van der Waals surface area contributed by atoms with E-state index in [2.05, 4.69) is 5.32 Å². The lowest BCUT2D eigenvalue weighted by atomic mass is 9.87. The number of allylic oxidation sites excluding steroid dienone is 2. The summed E-state index contributed by atoms with van der Waals surface area (Å²) in [5, 5.41) is 35.2. The van der Waals surface area contributed by atoms with E-state index >= 15 is 0 Å². The molecular formula is C29H40N2O9. The minimum Gasteiger partial charge on any atom is -0.507 e. The van der Waals surface area contributed by atoms with E-state index < -0.39 is 48.1 Å². The number of phenols is 2. The number of fused-ring (bicyclic) bond motifs is 2. The number of benzene rings is 1. The van der Waals surface area contributed by atoms with Crippen LogP contribution in [0, 0.1) is 11.8 Å². The molecule has 2 rings (SSSR count). The first-order chi connectivity index (χ1) is 18.8. The maximum Gasteiger partial charge on any atom is 0.405 e. The number of primary amides is 1. The van der Waals surface area contributed by atoms with Gasteiger partial charge in [0.05, 0.1) is 23.5 Å². The molecule has 0 fully saturated rings. The van der Waals surface area contributed by atoms with E-state index in [1.54, 1.807) is 39.0 Å². The molecule has 40 heavy (non-hydrogen) atoms. The summed E-state index contributed by atoms with van der Waals surface area (Å²) in [4.78, 5) is 36.3. The van der Waals surface area contributed by atoms with Crippen LogP contribution in [0.2, 0.25) is 0 Å². The predicted octanol–water partition coefficient (Wildman–Crippen LogP) is 3.37. The second kappa shape index (κ2) is 14.6. The highest BCUT2D eigenvalue weighted by Crippen LogP contribution is 2.38. The summed E-state index contributed by atoms with van der Waals surface area (Å²) in [5.41, 5.74) is 6.16. The Morgan fingerprint density at radius 3 is 2.42 bits per heavy atom. The minimum atomic E-state index is -1.01. The van der Waals surface area contributed by atoms with Gasteiger partial charge >= 0.3 is 6.09 Å². The number of amides is 2. The minimum absolute atomic E-state index is 0.0635. The summed E-state index contributed by atoms with van der Waals surface area (Å²) in [5.74, 6) is -1.98. The first-order valence-corrected chi connectivity index (χ1v) is 12.9. The highest BCUT2D eigenvalue weighted by Gasteiger charge is 2.30. The van der Waals surface area contributed by atoms with E-state index in [9.17, 15) is 29.7 Å². The summed E-state index contributed by atoms with van der Waals surface area (Å²) in [6, 6.07) is 1.11. The second-order valence-electron chi connectivity index (χ2n) is 10.1. The fraction of sp³-hybridized carbons (Fsp3) is 0.483. The van der Waals surface area contributed by atoms with Crippen LogP contribution in [0.3, 0.4) is 0 Å². The Balaban J connectivity index is 2.66. The van der Waals surface area contributed by atoms with Gasteiger partial charge in [0, 0.05) is 37.3 Å². The van der Waals surface area contributed by atoms with Crippen molar-refractivity contribution in [2.75, 3.05) is 19.5 Å². The van der Waals surface area contributed by atoms with Crippen molar-refractivity contribution in [2.45, 2.75) is 65.0 Å². The highest BCUT2D eigenvalue weighted by molar-refractivity contribution is 6.05. The number of rotatable bonds is 4. The predicted molar refractivity (Wildman–Crippen MR) is 149 cm³/mol. The molecule has 1 aromatic carbocycles. The molecular weight excluding hydrogens is 520 g/mol. The van der Waals surface area contributed by atoms with Crippen LogP contribution in [-0.4, -0.2) is 72.2 Å². The fourth-order valence-electron chi connectivity index (χ4n) is 4.76. The molecule has 0 radical (unpaired) electrons. The van der Waals surface area contributed by atoms with Gasteiger partial charge in [-0.2, -0.15) is 0 Å². The number of aromatic hydroxyl groups is 2. The number of nitrogens with one attached hydrogen (secondary N) is 1. The molecule has 1 aliphatic heterocycles. The quantitative estimate of drug-likeness (QED) is 0.160. The molecule has 11 nitrogen and oxygen atoms in total. The summed E-state index contributed by atoms with van der Waals surface area (Å²) >= 11 is 0. The Bertz CT molecular complexity index is 1170. The van der Waals surface area contributed by atoms with Gasteiger partial charge in [-0.1, -0.05) is 38.2 Å². The van der Waals surface area contributed by atoms with Crippen LogP contribution in [-0.2, 0) is 25.4 Å². The molecule has 1 aromatic rings. The standard InChI is InChI=1S/C29H40N2O9/c1-15-10-19-20(14-32)22(33)13-21(26(19)35)31-28(36)16(2)8-7-9-23(38-5)27(40-29(30)37)18(4)12-17(3)25(34)24(11-15)39-6/h7-9,12-15,17,23-25,27,33-35H,10-11H2,1-6H3,(H2,30,37)(H,31,36)/b9-7+,16-8-,18-12-/t15-,17+,23+,24+,25-,27+/m1/s1. The molecule has 0 aromatic heterocycles. The summed E-state index contributed by atoms with van der Waals surface area (Å²) in [6.45, 7) is 6.90. The zero-order valence-electron chi connectivity index (χ0n) is 23.7. The van der Waals surface area contributed by atoms with Gasteiger partial charge in [-0.3, -0.25) is 9.59 Å². The van der Waals surface area contributed by atoms with Gasteiger partial charge in [0.25, 0.3) is 5.91 Å². The van der Waals surface area contributed by atoms with Crippen LogP contribution in [0.25, 0.3) is 0 Å². The second-order valence-corrected chi connectivity index (χ2v) is 10.1. The number of methoxy groups -OCH3 is 2. The number of aldehydes is 1. The molecule has 11 heteroatoms. The van der Waals surface area contributed by atoms with Crippen LogP contribution in [0.5, 0.6) is 11.5 Å². The first kappa shape index (κ1) is 32.5. The third-order valence-electron chi connectivity index (χ3n) is 6.99. The SMILES string of the molecule is CO[C@H]1/C=C/C=C(/C)C(=O)Nc2cc(O)c(C=O)c(c2O)C[C@@H](C)C[C@H](OC)[C@H](O)[C@@H](C)/C=C(/C)[C@@H]1OC(N)=O. The molecule has 0 spiro atoms. The lowest BCUT2D eigenvalue weighted by Gasteiger charge is -2.29. The van der Waals surface area contributed by atoms with Crippen molar-refractivity contribution in [3.8, 4) is 11.5 Å². The smallest absolute Gasteiger partial charge is 0.405 e. The Labute approximate surface area is 234 Å². The normalized spacial score (nSPS) is 30.2. The molecule has 1 aliphatic rings. The summed E-state index contributed by atoms with van der Waals surface area (Å²) in [6.07, 6.45) is 2.97. The van der Waals surface area contributed by atoms with Gasteiger partial charge in [0.15, 0.2) is 12.4 Å². The summed E-state index contributed by atoms with van der Waals surface area (Å²) in [7, 11) is 2.89.